The summed E-state index contributed by atoms with van der Waals surface area (Å²) in [5.41, 5.74) is 1.02. The fourth-order valence-electron chi connectivity index (χ4n) is 2.84. The third-order valence-corrected chi connectivity index (χ3v) is 4.06. The van der Waals surface area contributed by atoms with Gasteiger partial charge in [0.2, 0.25) is 0 Å². The first-order valence-corrected chi connectivity index (χ1v) is 7.40. The van der Waals surface area contributed by atoms with E-state index in [9.17, 15) is 18.0 Å². The molecule has 2 aromatic rings. The number of carbonyl (C=O) groups excluding carboxylic acids is 1. The first-order valence-electron chi connectivity index (χ1n) is 7.40. The Balaban J connectivity index is 1.83. The highest BCUT2D eigenvalue weighted by Gasteiger charge is 2.43. The molecule has 1 fully saturated rings. The topological polar surface area (TPSA) is 38.1 Å². The molecule has 0 unspecified atom stereocenters. The molecular weight excluding hydrogens is 307 g/mol. The average molecular weight is 323 g/mol. The molecule has 23 heavy (non-hydrogen) atoms. The summed E-state index contributed by atoms with van der Waals surface area (Å²) in [5.74, 6) is -1.87. The predicted octanol–water partition coefficient (Wildman–Crippen LogP) is 3.29. The number of hydrogen-bond donors (Lipinski definition) is 0. The third kappa shape index (κ3) is 3.23. The van der Waals surface area contributed by atoms with Crippen molar-refractivity contribution in [3.05, 3.63) is 48.5 Å². The minimum atomic E-state index is -4.27. The number of hydrogen-bond acceptors (Lipinski definition) is 2. The minimum absolute atomic E-state index is 0.0746. The van der Waals surface area contributed by atoms with Crippen LogP contribution in [0.1, 0.15) is 23.3 Å². The summed E-state index contributed by atoms with van der Waals surface area (Å²) in [6.07, 6.45) is -0.945. The van der Waals surface area contributed by atoms with E-state index in [0.29, 0.717) is 13.0 Å². The number of nitrogens with zero attached hydrogens (tertiary/aromatic N) is 3. The lowest BCUT2D eigenvalue weighted by Gasteiger charge is -2.33. The summed E-state index contributed by atoms with van der Waals surface area (Å²) >= 11 is 0. The highest BCUT2D eigenvalue weighted by molar-refractivity contribution is 5.93. The summed E-state index contributed by atoms with van der Waals surface area (Å²) in [5, 5.41) is 0. The Kier molecular flexibility index (Phi) is 4.11. The molecule has 0 bridgehead atoms. The number of para-hydroxylation sites is 1. The number of piperidine rings is 1. The smallest absolute Gasteiger partial charge is 0.337 e. The van der Waals surface area contributed by atoms with E-state index < -0.39 is 18.0 Å². The molecule has 2 heterocycles. The number of aromatic nitrogens is 2. The summed E-state index contributed by atoms with van der Waals surface area (Å²) in [4.78, 5) is 17.9. The van der Waals surface area contributed by atoms with Crippen LogP contribution in [-0.4, -0.2) is 39.6 Å². The fraction of sp³-hybridized carbons (Fsp3) is 0.375. The zero-order valence-corrected chi connectivity index (χ0v) is 12.3. The molecule has 122 valence electrons. The van der Waals surface area contributed by atoms with Crippen molar-refractivity contribution >= 4 is 5.91 Å². The van der Waals surface area contributed by atoms with E-state index in [1.165, 1.54) is 17.4 Å². The lowest BCUT2D eigenvalue weighted by Crippen LogP contribution is -2.45. The Morgan fingerprint density at radius 1 is 1.22 bits per heavy atom. The Hall–Kier alpha value is -2.31. The van der Waals surface area contributed by atoms with Gasteiger partial charge in [0.25, 0.3) is 5.91 Å². The lowest BCUT2D eigenvalue weighted by molar-refractivity contribution is -0.184. The molecule has 0 spiro atoms. The largest absolute Gasteiger partial charge is 0.393 e. The van der Waals surface area contributed by atoms with Crippen molar-refractivity contribution in [2.24, 2.45) is 5.92 Å². The van der Waals surface area contributed by atoms with Gasteiger partial charge in [-0.25, -0.2) is 4.98 Å². The van der Waals surface area contributed by atoms with Crippen molar-refractivity contribution in [1.29, 1.82) is 0 Å². The Morgan fingerprint density at radius 3 is 2.65 bits per heavy atom. The average Bonchev–Trinajstić information content (AvgIpc) is 3.04. The molecule has 3 rings (SSSR count). The van der Waals surface area contributed by atoms with Gasteiger partial charge in [-0.3, -0.25) is 9.36 Å². The minimum Gasteiger partial charge on any atom is -0.337 e. The van der Waals surface area contributed by atoms with Gasteiger partial charge < -0.3 is 4.90 Å². The molecule has 0 aliphatic carbocycles. The maximum absolute atomic E-state index is 12.9. The van der Waals surface area contributed by atoms with Crippen molar-refractivity contribution in [2.75, 3.05) is 13.1 Å². The highest BCUT2D eigenvalue weighted by atomic mass is 19.4. The Bertz CT molecular complexity index is 681. The van der Waals surface area contributed by atoms with Crippen LogP contribution in [0.4, 0.5) is 13.2 Å². The normalized spacial score (nSPS) is 18.9. The van der Waals surface area contributed by atoms with E-state index in [1.807, 2.05) is 30.3 Å². The maximum atomic E-state index is 12.9. The van der Waals surface area contributed by atoms with Crippen molar-refractivity contribution in [2.45, 2.75) is 19.0 Å². The van der Waals surface area contributed by atoms with Crippen molar-refractivity contribution in [3.63, 3.8) is 0 Å². The van der Waals surface area contributed by atoms with Gasteiger partial charge in [0, 0.05) is 18.8 Å². The van der Waals surface area contributed by atoms with E-state index in [2.05, 4.69) is 4.98 Å². The molecule has 1 amide bonds. The molecular formula is C16H16F3N3O. The number of halogens is 3. The van der Waals surface area contributed by atoms with E-state index in [1.54, 1.807) is 4.57 Å². The van der Waals surface area contributed by atoms with Crippen molar-refractivity contribution < 1.29 is 18.0 Å². The first kappa shape index (κ1) is 15.6. The van der Waals surface area contributed by atoms with E-state index in [4.69, 9.17) is 0 Å². The molecule has 0 saturated carbocycles. The zero-order valence-electron chi connectivity index (χ0n) is 12.3. The van der Waals surface area contributed by atoms with Crippen LogP contribution in [-0.2, 0) is 0 Å². The molecule has 1 saturated heterocycles. The molecule has 4 nitrogen and oxygen atoms in total. The molecule has 0 radical (unpaired) electrons. The van der Waals surface area contributed by atoms with Crippen LogP contribution in [0, 0.1) is 5.92 Å². The van der Waals surface area contributed by atoms with Crippen molar-refractivity contribution in [3.8, 4) is 5.69 Å². The van der Waals surface area contributed by atoms with Crippen LogP contribution in [0.2, 0.25) is 0 Å². The van der Waals surface area contributed by atoms with Crippen LogP contribution in [0.15, 0.2) is 42.9 Å². The van der Waals surface area contributed by atoms with Crippen molar-refractivity contribution in [1.82, 2.24) is 14.5 Å². The monoisotopic (exact) mass is 323 g/mol. The zero-order chi connectivity index (χ0) is 16.4. The molecule has 1 aliphatic heterocycles. The summed E-state index contributed by atoms with van der Waals surface area (Å²) in [6, 6.07) is 9.12. The number of benzene rings is 1. The lowest BCUT2D eigenvalue weighted by atomic mass is 9.97. The number of alkyl halides is 3. The van der Waals surface area contributed by atoms with Gasteiger partial charge in [-0.15, -0.1) is 0 Å². The molecule has 1 aromatic carbocycles. The quantitative estimate of drug-likeness (QED) is 0.850. The summed E-state index contributed by atoms with van der Waals surface area (Å²) in [6.45, 7) is 0.0493. The number of likely N-dealkylation sites (tertiary alicyclic amines) is 1. The van der Waals surface area contributed by atoms with Crippen LogP contribution in [0.25, 0.3) is 5.69 Å². The van der Waals surface area contributed by atoms with Crippen LogP contribution < -0.4 is 0 Å². The highest BCUT2D eigenvalue weighted by Crippen LogP contribution is 2.33. The standard InChI is InChI=1S/C16H16F3N3O/c17-16(18,19)12-5-4-8-21(10-12)15(23)14-9-20-11-22(14)13-6-2-1-3-7-13/h1-3,6-7,9,11-12H,4-5,8,10H2/t12-/m0/s1. The van der Waals surface area contributed by atoms with Gasteiger partial charge in [-0.2, -0.15) is 13.2 Å². The first-order chi connectivity index (χ1) is 11.0. The van der Waals surface area contributed by atoms with Crippen LogP contribution in [0.3, 0.4) is 0 Å². The van der Waals surface area contributed by atoms with Gasteiger partial charge in [0.1, 0.15) is 5.69 Å². The van der Waals surface area contributed by atoms with Crippen LogP contribution in [0.5, 0.6) is 0 Å². The van der Waals surface area contributed by atoms with E-state index >= 15 is 0 Å². The number of carbonyl (C=O) groups is 1. The summed E-state index contributed by atoms with van der Waals surface area (Å²) in [7, 11) is 0. The number of imidazole rings is 1. The SMILES string of the molecule is O=C(c1cncn1-c1ccccc1)N1CCC[C@H](C(F)(F)F)C1. The van der Waals surface area contributed by atoms with Gasteiger partial charge in [-0.05, 0) is 25.0 Å². The molecule has 1 aliphatic rings. The van der Waals surface area contributed by atoms with Crippen LogP contribution >= 0.6 is 0 Å². The predicted molar refractivity (Wildman–Crippen MR) is 78.2 cm³/mol. The number of amides is 1. The molecule has 1 atom stereocenters. The molecule has 7 heteroatoms. The van der Waals surface area contributed by atoms with E-state index in [-0.39, 0.29) is 18.7 Å². The Morgan fingerprint density at radius 2 is 1.96 bits per heavy atom. The second-order valence-corrected chi connectivity index (χ2v) is 5.62. The van der Waals surface area contributed by atoms with Gasteiger partial charge in [0.05, 0.1) is 18.4 Å². The van der Waals surface area contributed by atoms with Gasteiger partial charge in [-0.1, -0.05) is 18.2 Å². The number of rotatable bonds is 2. The molecule has 0 N–H and O–H groups in total. The Labute approximate surface area is 131 Å². The van der Waals surface area contributed by atoms with E-state index in [0.717, 1.165) is 5.69 Å². The second-order valence-electron chi connectivity index (χ2n) is 5.62. The second kappa shape index (κ2) is 6.06. The molecule has 1 aromatic heterocycles. The fourth-order valence-corrected chi connectivity index (χ4v) is 2.84. The summed E-state index contributed by atoms with van der Waals surface area (Å²) < 4.78 is 40.3. The van der Waals surface area contributed by atoms with Gasteiger partial charge >= 0.3 is 6.18 Å². The third-order valence-electron chi connectivity index (χ3n) is 4.06. The maximum Gasteiger partial charge on any atom is 0.393 e. The van der Waals surface area contributed by atoms with Gasteiger partial charge in [0.15, 0.2) is 0 Å².